The van der Waals surface area contributed by atoms with Gasteiger partial charge in [-0.3, -0.25) is 0 Å². The molecule has 1 aliphatic heterocycles. The van der Waals surface area contributed by atoms with Gasteiger partial charge in [0.1, 0.15) is 5.60 Å². The van der Waals surface area contributed by atoms with Crippen LogP contribution in [0.25, 0.3) is 0 Å². The lowest BCUT2D eigenvalue weighted by atomic mass is 9.96. The summed E-state index contributed by atoms with van der Waals surface area (Å²) < 4.78 is 5.49. The smallest absolute Gasteiger partial charge is 0.410 e. The number of hydrogen-bond donors (Lipinski definition) is 1. The molecule has 0 aromatic heterocycles. The largest absolute Gasteiger partial charge is 0.444 e. The molecule has 0 radical (unpaired) electrons. The molecule has 1 aromatic rings. The molecular weight excluding hydrogens is 288 g/mol. The van der Waals surface area contributed by atoms with Crippen LogP contribution in [0.3, 0.4) is 0 Å². The molecule has 0 spiro atoms. The van der Waals surface area contributed by atoms with Crippen molar-refractivity contribution in [2.24, 2.45) is 5.41 Å². The van der Waals surface area contributed by atoms with Gasteiger partial charge in [0.25, 0.3) is 0 Å². The average molecular weight is 318 g/mol. The third-order valence-corrected chi connectivity index (χ3v) is 3.69. The molecule has 1 amide bonds. The van der Waals surface area contributed by atoms with E-state index in [4.69, 9.17) is 4.74 Å². The number of fused-ring (bicyclic) bond motifs is 1. The normalized spacial score (nSPS) is 15.1. The minimum atomic E-state index is -0.451. The summed E-state index contributed by atoms with van der Waals surface area (Å²) in [5, 5.41) is 3.48. The highest BCUT2D eigenvalue weighted by molar-refractivity contribution is 5.69. The summed E-state index contributed by atoms with van der Waals surface area (Å²) in [7, 11) is 0. The van der Waals surface area contributed by atoms with Crippen LogP contribution in [-0.4, -0.2) is 29.7 Å². The summed E-state index contributed by atoms with van der Waals surface area (Å²) in [6.45, 7) is 14.6. The van der Waals surface area contributed by atoms with Crippen LogP contribution in [0.1, 0.15) is 52.7 Å². The Balaban J connectivity index is 2.05. The van der Waals surface area contributed by atoms with Crippen molar-refractivity contribution in [3.05, 3.63) is 29.3 Å². The van der Waals surface area contributed by atoms with Gasteiger partial charge in [0.05, 0.1) is 0 Å². The van der Waals surface area contributed by atoms with Crippen LogP contribution in [0.2, 0.25) is 0 Å². The molecule has 0 atom stereocenters. The lowest BCUT2D eigenvalue weighted by Gasteiger charge is -2.31. The van der Waals surface area contributed by atoms with Crippen LogP contribution >= 0.6 is 0 Å². The first kappa shape index (κ1) is 17.6. The van der Waals surface area contributed by atoms with Crippen molar-refractivity contribution in [3.63, 3.8) is 0 Å². The van der Waals surface area contributed by atoms with E-state index in [-0.39, 0.29) is 11.5 Å². The number of nitrogens with zero attached hydrogens (tertiary/aromatic N) is 1. The van der Waals surface area contributed by atoms with E-state index in [9.17, 15) is 4.79 Å². The Labute approximate surface area is 140 Å². The molecule has 0 aliphatic carbocycles. The number of rotatable bonds is 2. The Morgan fingerprint density at radius 2 is 1.87 bits per heavy atom. The number of amides is 1. The average Bonchev–Trinajstić information content (AvgIpc) is 2.41. The zero-order valence-corrected chi connectivity index (χ0v) is 15.3. The molecule has 0 saturated carbocycles. The number of nitrogens with one attached hydrogen (secondary N) is 1. The van der Waals surface area contributed by atoms with Gasteiger partial charge in [-0.1, -0.05) is 26.8 Å². The summed E-state index contributed by atoms with van der Waals surface area (Å²) in [6, 6.07) is 6.47. The van der Waals surface area contributed by atoms with Gasteiger partial charge in [0.15, 0.2) is 0 Å². The van der Waals surface area contributed by atoms with Gasteiger partial charge in [-0.25, -0.2) is 4.79 Å². The fourth-order valence-electron chi connectivity index (χ4n) is 2.52. The molecule has 0 saturated heterocycles. The van der Waals surface area contributed by atoms with Crippen molar-refractivity contribution in [2.75, 3.05) is 18.4 Å². The van der Waals surface area contributed by atoms with Crippen LogP contribution in [0, 0.1) is 5.41 Å². The Morgan fingerprint density at radius 3 is 2.48 bits per heavy atom. The Hall–Kier alpha value is -1.71. The summed E-state index contributed by atoms with van der Waals surface area (Å²) in [4.78, 5) is 14.0. The molecule has 1 N–H and O–H groups in total. The van der Waals surface area contributed by atoms with Gasteiger partial charge in [0.2, 0.25) is 0 Å². The van der Waals surface area contributed by atoms with E-state index < -0.39 is 5.60 Å². The molecular formula is C19H30N2O2. The third-order valence-electron chi connectivity index (χ3n) is 3.69. The second-order valence-corrected chi connectivity index (χ2v) is 8.55. The summed E-state index contributed by atoms with van der Waals surface area (Å²) in [6.07, 6.45) is 0.657. The van der Waals surface area contributed by atoms with Gasteiger partial charge in [-0.15, -0.1) is 0 Å². The molecule has 1 aromatic carbocycles. The maximum Gasteiger partial charge on any atom is 0.410 e. The second-order valence-electron chi connectivity index (χ2n) is 8.55. The van der Waals surface area contributed by atoms with E-state index in [2.05, 4.69) is 44.3 Å². The lowest BCUT2D eigenvalue weighted by molar-refractivity contribution is 0.0224. The van der Waals surface area contributed by atoms with Crippen LogP contribution in [0.5, 0.6) is 0 Å². The fraction of sp³-hybridized carbons (Fsp3) is 0.632. The van der Waals surface area contributed by atoms with Gasteiger partial charge >= 0.3 is 6.09 Å². The van der Waals surface area contributed by atoms with Crippen molar-refractivity contribution in [1.29, 1.82) is 0 Å². The summed E-state index contributed by atoms with van der Waals surface area (Å²) in [5.74, 6) is 0. The highest BCUT2D eigenvalue weighted by Crippen LogP contribution is 2.25. The predicted octanol–water partition coefficient (Wildman–Crippen LogP) is 4.44. The number of carbonyl (C=O) groups is 1. The maximum absolute atomic E-state index is 12.3. The third kappa shape index (κ3) is 5.45. The highest BCUT2D eigenvalue weighted by atomic mass is 16.6. The molecule has 0 bridgehead atoms. The van der Waals surface area contributed by atoms with Gasteiger partial charge in [-0.05, 0) is 55.9 Å². The first-order chi connectivity index (χ1) is 10.5. The van der Waals surface area contributed by atoms with E-state index in [0.29, 0.717) is 6.54 Å². The van der Waals surface area contributed by atoms with E-state index in [1.165, 1.54) is 11.1 Å². The molecule has 4 heteroatoms. The number of benzene rings is 1. The first-order valence-corrected chi connectivity index (χ1v) is 8.37. The van der Waals surface area contributed by atoms with E-state index in [1.54, 1.807) is 4.90 Å². The Kier molecular flexibility index (Phi) is 4.92. The number of carbonyl (C=O) groups excluding carboxylic acids is 1. The first-order valence-electron chi connectivity index (χ1n) is 8.37. The van der Waals surface area contributed by atoms with Crippen molar-refractivity contribution in [1.82, 2.24) is 4.90 Å². The van der Waals surface area contributed by atoms with E-state index in [0.717, 1.165) is 25.2 Å². The van der Waals surface area contributed by atoms with Crippen LogP contribution in [0.15, 0.2) is 18.2 Å². The number of ether oxygens (including phenoxy) is 1. The van der Waals surface area contributed by atoms with Crippen molar-refractivity contribution < 1.29 is 9.53 Å². The molecule has 0 fully saturated rings. The molecule has 23 heavy (non-hydrogen) atoms. The van der Waals surface area contributed by atoms with Crippen molar-refractivity contribution >= 4 is 11.8 Å². The minimum absolute atomic E-state index is 0.226. The fourth-order valence-corrected chi connectivity index (χ4v) is 2.52. The standard InChI is InChI=1S/C19H30N2O2/c1-18(2,3)13-20-16-8-7-14-9-10-21(12-15(14)11-16)17(22)23-19(4,5)6/h7-8,11,20H,9-10,12-13H2,1-6H3. The van der Waals surface area contributed by atoms with Crippen LogP contribution < -0.4 is 5.32 Å². The minimum Gasteiger partial charge on any atom is -0.444 e. The molecule has 0 unspecified atom stereocenters. The van der Waals surface area contributed by atoms with Crippen LogP contribution in [-0.2, 0) is 17.7 Å². The zero-order chi connectivity index (χ0) is 17.3. The maximum atomic E-state index is 12.3. The van der Waals surface area contributed by atoms with Gasteiger partial charge < -0.3 is 15.0 Å². The molecule has 4 nitrogen and oxygen atoms in total. The molecule has 1 heterocycles. The van der Waals surface area contributed by atoms with Crippen LogP contribution in [0.4, 0.5) is 10.5 Å². The number of hydrogen-bond acceptors (Lipinski definition) is 3. The monoisotopic (exact) mass is 318 g/mol. The molecule has 1 aliphatic rings. The van der Waals surface area contributed by atoms with E-state index in [1.807, 2.05) is 20.8 Å². The van der Waals surface area contributed by atoms with Crippen molar-refractivity contribution in [3.8, 4) is 0 Å². The Morgan fingerprint density at radius 1 is 1.17 bits per heavy atom. The predicted molar refractivity (Wildman–Crippen MR) is 94.7 cm³/mol. The van der Waals surface area contributed by atoms with Gasteiger partial charge in [0, 0.05) is 25.3 Å². The summed E-state index contributed by atoms with van der Waals surface area (Å²) in [5.41, 5.74) is 3.43. The zero-order valence-electron chi connectivity index (χ0n) is 15.3. The highest BCUT2D eigenvalue weighted by Gasteiger charge is 2.25. The Bertz CT molecular complexity index is 568. The second kappa shape index (κ2) is 6.42. The number of anilines is 1. The van der Waals surface area contributed by atoms with Crippen molar-refractivity contribution in [2.45, 2.75) is 60.1 Å². The molecule has 128 valence electrons. The SMILES string of the molecule is CC(C)(C)CNc1ccc2c(c1)CN(C(=O)OC(C)(C)C)CC2. The van der Waals surface area contributed by atoms with E-state index >= 15 is 0 Å². The lowest BCUT2D eigenvalue weighted by Crippen LogP contribution is -2.39. The topological polar surface area (TPSA) is 41.6 Å². The van der Waals surface area contributed by atoms with Gasteiger partial charge in [-0.2, -0.15) is 0 Å². The summed E-state index contributed by atoms with van der Waals surface area (Å²) >= 11 is 0. The quantitative estimate of drug-likeness (QED) is 0.876. The molecule has 2 rings (SSSR count).